The van der Waals surface area contributed by atoms with Crippen molar-refractivity contribution in [1.82, 2.24) is 0 Å². The number of allylic oxidation sites excluding steroid dienone is 1. The molecule has 0 unspecified atom stereocenters. The molecule has 0 aliphatic heterocycles. The van der Waals surface area contributed by atoms with Crippen molar-refractivity contribution >= 4 is 17.3 Å². The number of rotatable bonds is 7. The van der Waals surface area contributed by atoms with Crippen LogP contribution in [0.3, 0.4) is 0 Å². The fourth-order valence-electron chi connectivity index (χ4n) is 2.96. The maximum atomic E-state index is 12.7. The molecule has 0 aromatic heterocycles. The molecule has 0 N–H and O–H groups in total. The third-order valence-corrected chi connectivity index (χ3v) is 5.55. The number of thioether (sulfide) groups is 1. The Hall–Kier alpha value is -2.66. The molecule has 3 aromatic rings. The van der Waals surface area contributed by atoms with Gasteiger partial charge in [0.15, 0.2) is 0 Å². The standard InChI is InChI=1S/C25H23F3OS/c1-3-30-24-14-12-23(13-15-24)29-17-16-18(2)19-4-6-20(7-5-19)21-8-10-22(11-9-21)25(26,27)28/h4-16H,3,17H2,1-2H3/b18-16+. The summed E-state index contributed by atoms with van der Waals surface area (Å²) in [4.78, 5) is 1.23. The Morgan fingerprint density at radius 3 is 1.97 bits per heavy atom. The van der Waals surface area contributed by atoms with Crippen LogP contribution in [0.4, 0.5) is 13.2 Å². The van der Waals surface area contributed by atoms with Gasteiger partial charge in [-0.3, -0.25) is 0 Å². The fraction of sp³-hybridized carbons (Fsp3) is 0.200. The van der Waals surface area contributed by atoms with Crippen LogP contribution in [0.1, 0.15) is 25.0 Å². The van der Waals surface area contributed by atoms with E-state index in [1.165, 1.54) is 17.0 Å². The summed E-state index contributed by atoms with van der Waals surface area (Å²) in [7, 11) is 0. The summed E-state index contributed by atoms with van der Waals surface area (Å²) in [5.74, 6) is 1.87. The van der Waals surface area contributed by atoms with Crippen LogP contribution in [0.15, 0.2) is 83.8 Å². The van der Waals surface area contributed by atoms with Crippen molar-refractivity contribution in [1.29, 1.82) is 0 Å². The molecule has 0 aliphatic rings. The molecule has 3 aromatic carbocycles. The predicted octanol–water partition coefficient (Wildman–Crippen LogP) is 7.97. The second-order valence-electron chi connectivity index (χ2n) is 6.76. The van der Waals surface area contributed by atoms with Crippen LogP contribution < -0.4 is 4.74 Å². The van der Waals surface area contributed by atoms with Gasteiger partial charge in [0.1, 0.15) is 12.4 Å². The highest BCUT2D eigenvalue weighted by Gasteiger charge is 2.29. The summed E-state index contributed by atoms with van der Waals surface area (Å²) < 4.78 is 43.9. The maximum absolute atomic E-state index is 12.7. The molecule has 0 amide bonds. The van der Waals surface area contributed by atoms with Crippen LogP contribution >= 0.6 is 11.8 Å². The monoisotopic (exact) mass is 428 g/mol. The largest absolute Gasteiger partial charge is 0.490 e. The zero-order valence-corrected chi connectivity index (χ0v) is 17.7. The molecular formula is C25H23F3OS. The van der Waals surface area contributed by atoms with E-state index < -0.39 is 11.7 Å². The van der Waals surface area contributed by atoms with E-state index in [9.17, 15) is 13.2 Å². The van der Waals surface area contributed by atoms with Crippen LogP contribution in [0.25, 0.3) is 16.7 Å². The van der Waals surface area contributed by atoms with Crippen molar-refractivity contribution in [2.45, 2.75) is 24.9 Å². The van der Waals surface area contributed by atoms with Gasteiger partial charge in [-0.05, 0) is 77.4 Å². The predicted molar refractivity (Wildman–Crippen MR) is 119 cm³/mol. The lowest BCUT2D eigenvalue weighted by Gasteiger charge is -2.09. The first-order valence-electron chi connectivity index (χ1n) is 9.67. The van der Waals surface area contributed by atoms with E-state index in [0.29, 0.717) is 6.61 Å². The van der Waals surface area contributed by atoms with E-state index in [1.54, 1.807) is 11.8 Å². The lowest BCUT2D eigenvalue weighted by Crippen LogP contribution is -2.03. The van der Waals surface area contributed by atoms with Gasteiger partial charge in [0.05, 0.1) is 5.56 Å². The van der Waals surface area contributed by atoms with Crippen LogP contribution in [-0.2, 0) is 6.18 Å². The highest BCUT2D eigenvalue weighted by molar-refractivity contribution is 7.99. The third-order valence-electron chi connectivity index (χ3n) is 4.66. The van der Waals surface area contributed by atoms with Gasteiger partial charge in [-0.1, -0.05) is 43.3 Å². The Balaban J connectivity index is 1.60. The van der Waals surface area contributed by atoms with Crippen LogP contribution in [0.5, 0.6) is 5.75 Å². The summed E-state index contributed by atoms with van der Waals surface area (Å²) in [5, 5.41) is 0. The second kappa shape index (κ2) is 9.90. The molecule has 156 valence electrons. The Kier molecular flexibility index (Phi) is 7.27. The number of ether oxygens (including phenoxy) is 1. The van der Waals surface area contributed by atoms with Crippen molar-refractivity contribution in [3.63, 3.8) is 0 Å². The maximum Gasteiger partial charge on any atom is 0.416 e. The molecule has 0 spiro atoms. The fourth-order valence-corrected chi connectivity index (χ4v) is 3.62. The van der Waals surface area contributed by atoms with E-state index in [4.69, 9.17) is 4.74 Å². The van der Waals surface area contributed by atoms with E-state index >= 15 is 0 Å². The minimum atomic E-state index is -4.32. The van der Waals surface area contributed by atoms with Crippen molar-refractivity contribution in [2.75, 3.05) is 12.4 Å². The Labute approximate surface area is 179 Å². The number of benzene rings is 3. The summed E-state index contributed by atoms with van der Waals surface area (Å²) >= 11 is 1.79. The minimum absolute atomic E-state index is 0.465. The summed E-state index contributed by atoms with van der Waals surface area (Å²) in [5.41, 5.74) is 3.11. The molecule has 0 aliphatic carbocycles. The molecule has 5 heteroatoms. The molecule has 0 bridgehead atoms. The van der Waals surface area contributed by atoms with Crippen LogP contribution in [0, 0.1) is 0 Å². The first-order chi connectivity index (χ1) is 14.4. The van der Waals surface area contributed by atoms with E-state index in [-0.39, 0.29) is 0 Å². The molecule has 0 saturated carbocycles. The van der Waals surface area contributed by atoms with Gasteiger partial charge in [-0.2, -0.15) is 13.2 Å². The zero-order valence-electron chi connectivity index (χ0n) is 16.9. The number of hydrogen-bond donors (Lipinski definition) is 0. The Bertz CT molecular complexity index is 973. The van der Waals surface area contributed by atoms with Crippen molar-refractivity contribution < 1.29 is 17.9 Å². The molecule has 1 nitrogen and oxygen atoms in total. The van der Waals surface area contributed by atoms with Gasteiger partial charge in [-0.25, -0.2) is 0 Å². The van der Waals surface area contributed by atoms with Crippen LogP contribution in [0.2, 0.25) is 0 Å². The molecule has 0 radical (unpaired) electrons. The SMILES string of the molecule is CCSc1ccc(OC/C=C(\C)c2ccc(-c3ccc(C(F)(F)F)cc3)cc2)cc1. The third kappa shape index (κ3) is 5.92. The highest BCUT2D eigenvalue weighted by atomic mass is 32.2. The van der Waals surface area contributed by atoms with E-state index in [0.717, 1.165) is 45.9 Å². The van der Waals surface area contributed by atoms with Gasteiger partial charge in [-0.15, -0.1) is 11.8 Å². The van der Waals surface area contributed by atoms with Crippen molar-refractivity contribution in [2.24, 2.45) is 0 Å². The first kappa shape index (κ1) is 22.0. The lowest BCUT2D eigenvalue weighted by atomic mass is 10.00. The number of alkyl halides is 3. The number of hydrogen-bond acceptors (Lipinski definition) is 2. The normalized spacial score (nSPS) is 12.1. The topological polar surface area (TPSA) is 9.23 Å². The van der Waals surface area contributed by atoms with E-state index in [1.807, 2.05) is 49.4 Å². The molecule has 30 heavy (non-hydrogen) atoms. The average molecular weight is 429 g/mol. The minimum Gasteiger partial charge on any atom is -0.490 e. The number of halogens is 3. The molecule has 0 heterocycles. The van der Waals surface area contributed by atoms with Gasteiger partial charge in [0.25, 0.3) is 0 Å². The van der Waals surface area contributed by atoms with E-state index in [2.05, 4.69) is 19.1 Å². The molecule has 0 atom stereocenters. The first-order valence-corrected chi connectivity index (χ1v) is 10.7. The quantitative estimate of drug-likeness (QED) is 0.353. The molecular weight excluding hydrogens is 405 g/mol. The summed E-state index contributed by atoms with van der Waals surface area (Å²) in [6.07, 6.45) is -2.30. The molecule has 0 saturated heterocycles. The van der Waals surface area contributed by atoms with Gasteiger partial charge in [0, 0.05) is 4.90 Å². The zero-order chi connectivity index (χ0) is 21.6. The second-order valence-corrected chi connectivity index (χ2v) is 8.09. The smallest absolute Gasteiger partial charge is 0.416 e. The van der Waals surface area contributed by atoms with Crippen LogP contribution in [-0.4, -0.2) is 12.4 Å². The summed E-state index contributed by atoms with van der Waals surface area (Å²) in [6, 6.07) is 21.0. The Morgan fingerprint density at radius 1 is 0.867 bits per heavy atom. The average Bonchev–Trinajstić information content (AvgIpc) is 2.75. The molecule has 0 fully saturated rings. The summed E-state index contributed by atoms with van der Waals surface area (Å²) in [6.45, 7) is 4.60. The molecule has 3 rings (SSSR count). The van der Waals surface area contributed by atoms with Gasteiger partial charge in [0.2, 0.25) is 0 Å². The lowest BCUT2D eigenvalue weighted by molar-refractivity contribution is -0.137. The van der Waals surface area contributed by atoms with Crippen molar-refractivity contribution in [3.8, 4) is 16.9 Å². The Morgan fingerprint density at radius 2 is 1.43 bits per heavy atom. The highest BCUT2D eigenvalue weighted by Crippen LogP contribution is 2.31. The van der Waals surface area contributed by atoms with Gasteiger partial charge < -0.3 is 4.74 Å². The van der Waals surface area contributed by atoms with Gasteiger partial charge >= 0.3 is 6.18 Å². The van der Waals surface area contributed by atoms with Crippen molar-refractivity contribution in [3.05, 3.63) is 90.0 Å².